The van der Waals surface area contributed by atoms with Gasteiger partial charge < -0.3 is 16.2 Å². The summed E-state index contributed by atoms with van der Waals surface area (Å²) in [6, 6.07) is 0. The van der Waals surface area contributed by atoms with Crippen LogP contribution in [0.2, 0.25) is 0 Å². The summed E-state index contributed by atoms with van der Waals surface area (Å²) in [5.74, 6) is 0.394. The number of alkyl halides is 1. The van der Waals surface area contributed by atoms with E-state index >= 15 is 0 Å². The van der Waals surface area contributed by atoms with Crippen LogP contribution in [0.5, 0.6) is 0 Å². The number of hydrogen-bond donors (Lipinski definition) is 2. The first-order valence-corrected chi connectivity index (χ1v) is 4.87. The summed E-state index contributed by atoms with van der Waals surface area (Å²) < 4.78 is 18.9. The highest BCUT2D eigenvalue weighted by Gasteiger charge is 2.30. The molecule has 3 nitrogen and oxygen atoms in total. The molecule has 0 aromatic carbocycles. The number of ether oxygens (including phenoxy) is 1. The molecule has 0 unspecified atom stereocenters. The van der Waals surface area contributed by atoms with E-state index in [1.807, 2.05) is 0 Å². The van der Waals surface area contributed by atoms with Crippen LogP contribution in [0.4, 0.5) is 4.39 Å². The molecule has 0 radical (unpaired) electrons. The summed E-state index contributed by atoms with van der Waals surface area (Å²) in [6.07, 6.45) is 2.36. The average Bonchev–Trinajstić information content (AvgIpc) is 2.19. The van der Waals surface area contributed by atoms with Crippen LogP contribution in [0.15, 0.2) is 0 Å². The van der Waals surface area contributed by atoms with Crippen molar-refractivity contribution in [1.82, 2.24) is 0 Å². The van der Waals surface area contributed by atoms with Crippen LogP contribution in [-0.2, 0) is 4.74 Å². The molecule has 4 N–H and O–H groups in total. The number of hydrogen-bond acceptors (Lipinski definition) is 3. The van der Waals surface area contributed by atoms with Gasteiger partial charge in [0.2, 0.25) is 0 Å². The van der Waals surface area contributed by atoms with Gasteiger partial charge in [0.05, 0.1) is 0 Å². The van der Waals surface area contributed by atoms with Crippen LogP contribution in [0.1, 0.15) is 19.3 Å². The van der Waals surface area contributed by atoms with Gasteiger partial charge in [-0.15, -0.1) is 0 Å². The third kappa shape index (κ3) is 3.21. The van der Waals surface area contributed by atoms with Crippen LogP contribution in [0, 0.1) is 5.92 Å². The summed E-state index contributed by atoms with van der Waals surface area (Å²) >= 11 is 0. The Hall–Kier alpha value is -0.190. The van der Waals surface area contributed by atoms with E-state index in [0.29, 0.717) is 12.3 Å². The van der Waals surface area contributed by atoms with Crippen molar-refractivity contribution in [3.05, 3.63) is 0 Å². The molecule has 13 heavy (non-hydrogen) atoms. The molecule has 0 aromatic rings. The Morgan fingerprint density at radius 1 is 1.23 bits per heavy atom. The molecule has 1 saturated heterocycles. The number of halogens is 1. The van der Waals surface area contributed by atoms with Gasteiger partial charge >= 0.3 is 0 Å². The third-order valence-electron chi connectivity index (χ3n) is 2.73. The van der Waals surface area contributed by atoms with E-state index in [9.17, 15) is 4.39 Å². The molecule has 0 aromatic heterocycles. The molecule has 1 fully saturated rings. The zero-order valence-corrected chi connectivity index (χ0v) is 7.97. The molecule has 0 bridgehead atoms. The lowest BCUT2D eigenvalue weighted by molar-refractivity contribution is 0.0395. The Morgan fingerprint density at radius 2 is 1.77 bits per heavy atom. The molecule has 1 heterocycles. The lowest BCUT2D eigenvalue weighted by Crippen LogP contribution is -2.43. The second-order valence-electron chi connectivity index (χ2n) is 3.82. The monoisotopic (exact) mass is 190 g/mol. The smallest absolute Gasteiger partial charge is 0.135 e. The zero-order chi connectivity index (χ0) is 9.73. The van der Waals surface area contributed by atoms with Crippen molar-refractivity contribution >= 4 is 0 Å². The minimum absolute atomic E-state index is 0.0286. The van der Waals surface area contributed by atoms with Gasteiger partial charge in [0.1, 0.15) is 5.67 Å². The zero-order valence-electron chi connectivity index (χ0n) is 7.97. The average molecular weight is 190 g/mol. The van der Waals surface area contributed by atoms with Crippen LogP contribution >= 0.6 is 0 Å². The quantitative estimate of drug-likeness (QED) is 0.675. The maximum absolute atomic E-state index is 13.7. The third-order valence-corrected chi connectivity index (χ3v) is 2.73. The van der Waals surface area contributed by atoms with Gasteiger partial charge in [-0.1, -0.05) is 0 Å². The minimum atomic E-state index is -1.36. The lowest BCUT2D eigenvalue weighted by Gasteiger charge is -2.29. The van der Waals surface area contributed by atoms with Gasteiger partial charge in [0.25, 0.3) is 0 Å². The normalized spacial score (nSPS) is 20.5. The van der Waals surface area contributed by atoms with Crippen LogP contribution in [-0.4, -0.2) is 32.0 Å². The summed E-state index contributed by atoms with van der Waals surface area (Å²) in [4.78, 5) is 0. The second kappa shape index (κ2) is 4.88. The van der Waals surface area contributed by atoms with Crippen molar-refractivity contribution in [3.63, 3.8) is 0 Å². The van der Waals surface area contributed by atoms with E-state index in [2.05, 4.69) is 0 Å². The maximum Gasteiger partial charge on any atom is 0.135 e. The van der Waals surface area contributed by atoms with Gasteiger partial charge in [-0.25, -0.2) is 4.39 Å². The minimum Gasteiger partial charge on any atom is -0.381 e. The molecule has 0 atom stereocenters. The van der Waals surface area contributed by atoms with Crippen molar-refractivity contribution in [3.8, 4) is 0 Å². The number of nitrogens with two attached hydrogens (primary N) is 2. The molecule has 0 spiro atoms. The highest BCUT2D eigenvalue weighted by Crippen LogP contribution is 2.26. The predicted molar refractivity (Wildman–Crippen MR) is 50.1 cm³/mol. The standard InChI is InChI=1S/C9H19FN2O/c10-9(6-11,7-12)5-8-1-3-13-4-2-8/h8H,1-7,11-12H2. The Morgan fingerprint density at radius 3 is 2.23 bits per heavy atom. The SMILES string of the molecule is NCC(F)(CN)CC1CCOCC1. The summed E-state index contributed by atoms with van der Waals surface area (Å²) in [5, 5.41) is 0. The highest BCUT2D eigenvalue weighted by molar-refractivity contribution is 4.84. The maximum atomic E-state index is 13.7. The van der Waals surface area contributed by atoms with Crippen molar-refractivity contribution in [2.24, 2.45) is 17.4 Å². The fourth-order valence-electron chi connectivity index (χ4n) is 1.72. The summed E-state index contributed by atoms with van der Waals surface area (Å²) in [5.41, 5.74) is 9.34. The van der Waals surface area contributed by atoms with E-state index in [-0.39, 0.29) is 13.1 Å². The molecule has 0 saturated carbocycles. The summed E-state index contributed by atoms with van der Waals surface area (Å²) in [6.45, 7) is 1.55. The topological polar surface area (TPSA) is 61.3 Å². The van der Waals surface area contributed by atoms with Gasteiger partial charge in [-0.05, 0) is 25.2 Å². The van der Waals surface area contributed by atoms with Gasteiger partial charge in [-0.2, -0.15) is 0 Å². The van der Waals surface area contributed by atoms with Crippen molar-refractivity contribution in [1.29, 1.82) is 0 Å². The van der Waals surface area contributed by atoms with E-state index in [1.165, 1.54) is 0 Å². The number of rotatable bonds is 4. The molecule has 1 rings (SSSR count). The highest BCUT2D eigenvalue weighted by atomic mass is 19.1. The van der Waals surface area contributed by atoms with Crippen molar-refractivity contribution < 1.29 is 9.13 Å². The Kier molecular flexibility index (Phi) is 4.09. The molecule has 4 heteroatoms. The van der Waals surface area contributed by atoms with Crippen LogP contribution < -0.4 is 11.5 Å². The lowest BCUT2D eigenvalue weighted by atomic mass is 9.87. The summed E-state index contributed by atoms with van der Waals surface area (Å²) in [7, 11) is 0. The molecular weight excluding hydrogens is 171 g/mol. The van der Waals surface area contributed by atoms with Gasteiger partial charge in [0, 0.05) is 26.3 Å². The van der Waals surface area contributed by atoms with Crippen molar-refractivity contribution in [2.45, 2.75) is 24.9 Å². The fourth-order valence-corrected chi connectivity index (χ4v) is 1.72. The molecule has 78 valence electrons. The molecule has 0 amide bonds. The Balaban J connectivity index is 2.35. The molecule has 1 aliphatic rings. The first kappa shape index (κ1) is 10.9. The van der Waals surface area contributed by atoms with E-state index in [0.717, 1.165) is 26.1 Å². The Labute approximate surface area is 78.6 Å². The van der Waals surface area contributed by atoms with Gasteiger partial charge in [0.15, 0.2) is 0 Å². The van der Waals surface area contributed by atoms with E-state index in [4.69, 9.17) is 16.2 Å². The van der Waals surface area contributed by atoms with Crippen LogP contribution in [0.3, 0.4) is 0 Å². The first-order valence-electron chi connectivity index (χ1n) is 4.87. The van der Waals surface area contributed by atoms with Gasteiger partial charge in [-0.3, -0.25) is 0 Å². The second-order valence-corrected chi connectivity index (χ2v) is 3.82. The first-order chi connectivity index (χ1) is 6.20. The molecule has 0 aliphatic carbocycles. The van der Waals surface area contributed by atoms with Crippen molar-refractivity contribution in [2.75, 3.05) is 26.3 Å². The Bertz CT molecular complexity index is 145. The molecular formula is C9H19FN2O. The van der Waals surface area contributed by atoms with E-state index < -0.39 is 5.67 Å². The predicted octanol–water partition coefficient (Wildman–Crippen LogP) is 0.429. The molecule has 1 aliphatic heterocycles. The van der Waals surface area contributed by atoms with E-state index in [1.54, 1.807) is 0 Å². The largest absolute Gasteiger partial charge is 0.381 e. The fraction of sp³-hybridized carbons (Fsp3) is 1.00. The van der Waals surface area contributed by atoms with Crippen LogP contribution in [0.25, 0.3) is 0 Å².